The van der Waals surface area contributed by atoms with Crippen molar-refractivity contribution in [2.24, 2.45) is 0 Å². The molecule has 1 N–H and O–H groups in total. The summed E-state index contributed by atoms with van der Waals surface area (Å²) in [6, 6.07) is 15.0. The first kappa shape index (κ1) is 13.1. The van der Waals surface area contributed by atoms with Crippen LogP contribution in [0.2, 0.25) is 0 Å². The van der Waals surface area contributed by atoms with E-state index in [1.54, 1.807) is 11.3 Å². The average Bonchev–Trinajstić information content (AvgIpc) is 2.82. The highest BCUT2D eigenvalue weighted by Gasteiger charge is 2.04. The Morgan fingerprint density at radius 3 is 2.65 bits per heavy atom. The van der Waals surface area contributed by atoms with Crippen LogP contribution in [0.4, 0.5) is 10.8 Å². The quantitative estimate of drug-likeness (QED) is 0.702. The highest BCUT2D eigenvalue weighted by Crippen LogP contribution is 2.28. The Balaban J connectivity index is 1.81. The molecule has 0 radical (unpaired) electrons. The number of aromatic nitrogens is 1. The van der Waals surface area contributed by atoms with Crippen molar-refractivity contribution in [2.45, 2.75) is 26.7 Å². The fourth-order valence-electron chi connectivity index (χ4n) is 2.26. The van der Waals surface area contributed by atoms with Crippen LogP contribution in [0, 0.1) is 6.92 Å². The van der Waals surface area contributed by atoms with Crippen LogP contribution in [-0.2, 0) is 6.42 Å². The number of fused-ring (bicyclic) bond motifs is 1. The molecule has 3 heteroatoms. The highest BCUT2D eigenvalue weighted by molar-refractivity contribution is 7.22. The van der Waals surface area contributed by atoms with E-state index in [0.29, 0.717) is 0 Å². The van der Waals surface area contributed by atoms with E-state index in [4.69, 9.17) is 0 Å². The smallest absolute Gasteiger partial charge is 0.188 e. The van der Waals surface area contributed by atoms with E-state index in [9.17, 15) is 0 Å². The standard InChI is InChI=1S/C17H18N2S/c1-3-4-13-6-8-14(9-7-13)18-17-19-15-11-12(2)5-10-16(15)20-17/h5-11H,3-4H2,1-2H3,(H,18,19). The van der Waals surface area contributed by atoms with Gasteiger partial charge in [-0.1, -0.05) is 42.9 Å². The molecule has 0 fully saturated rings. The molecule has 2 nitrogen and oxygen atoms in total. The third-order valence-corrected chi connectivity index (χ3v) is 4.24. The van der Waals surface area contributed by atoms with Gasteiger partial charge in [0.15, 0.2) is 5.13 Å². The zero-order valence-corrected chi connectivity index (χ0v) is 12.6. The van der Waals surface area contributed by atoms with Gasteiger partial charge in [0, 0.05) is 5.69 Å². The fraction of sp³-hybridized carbons (Fsp3) is 0.235. The van der Waals surface area contributed by atoms with Crippen LogP contribution >= 0.6 is 11.3 Å². The van der Waals surface area contributed by atoms with Crippen molar-refractivity contribution in [1.29, 1.82) is 0 Å². The topological polar surface area (TPSA) is 24.9 Å². The number of hydrogen-bond donors (Lipinski definition) is 1. The Morgan fingerprint density at radius 2 is 1.90 bits per heavy atom. The van der Waals surface area contributed by atoms with Crippen LogP contribution in [0.1, 0.15) is 24.5 Å². The molecule has 102 valence electrons. The summed E-state index contributed by atoms with van der Waals surface area (Å²) < 4.78 is 1.22. The number of anilines is 2. The van der Waals surface area contributed by atoms with Crippen LogP contribution < -0.4 is 5.32 Å². The number of rotatable bonds is 4. The maximum atomic E-state index is 4.64. The molecule has 3 aromatic rings. The van der Waals surface area contributed by atoms with E-state index >= 15 is 0 Å². The zero-order valence-electron chi connectivity index (χ0n) is 11.8. The van der Waals surface area contributed by atoms with E-state index in [0.717, 1.165) is 22.8 Å². The molecule has 20 heavy (non-hydrogen) atoms. The minimum absolute atomic E-state index is 0.953. The number of thiazole rings is 1. The molecule has 0 atom stereocenters. The van der Waals surface area contributed by atoms with Gasteiger partial charge in [-0.15, -0.1) is 0 Å². The van der Waals surface area contributed by atoms with Gasteiger partial charge in [-0.25, -0.2) is 4.98 Å². The lowest BCUT2D eigenvalue weighted by atomic mass is 10.1. The van der Waals surface area contributed by atoms with Crippen molar-refractivity contribution >= 4 is 32.4 Å². The highest BCUT2D eigenvalue weighted by atomic mass is 32.1. The van der Waals surface area contributed by atoms with E-state index in [2.05, 4.69) is 66.6 Å². The van der Waals surface area contributed by atoms with E-state index in [1.807, 2.05) is 0 Å². The monoisotopic (exact) mass is 282 g/mol. The van der Waals surface area contributed by atoms with Crippen molar-refractivity contribution in [3.63, 3.8) is 0 Å². The Morgan fingerprint density at radius 1 is 1.10 bits per heavy atom. The van der Waals surface area contributed by atoms with Crippen molar-refractivity contribution < 1.29 is 0 Å². The average molecular weight is 282 g/mol. The second-order valence-corrected chi connectivity index (χ2v) is 6.09. The predicted octanol–water partition coefficient (Wildman–Crippen LogP) is 5.30. The van der Waals surface area contributed by atoms with Gasteiger partial charge in [0.05, 0.1) is 10.2 Å². The summed E-state index contributed by atoms with van der Waals surface area (Å²) in [5.41, 5.74) is 4.80. The van der Waals surface area contributed by atoms with Gasteiger partial charge in [-0.05, 0) is 48.7 Å². The molecule has 0 saturated carbocycles. The van der Waals surface area contributed by atoms with E-state index in [-0.39, 0.29) is 0 Å². The molecule has 0 unspecified atom stereocenters. The Kier molecular flexibility index (Phi) is 3.70. The molecule has 0 aliphatic rings. The minimum atomic E-state index is 0.953. The molecular formula is C17H18N2S. The number of aryl methyl sites for hydroxylation is 2. The van der Waals surface area contributed by atoms with Crippen molar-refractivity contribution in [2.75, 3.05) is 5.32 Å². The zero-order chi connectivity index (χ0) is 13.9. The number of benzene rings is 2. The molecule has 0 amide bonds. The van der Waals surface area contributed by atoms with Crippen molar-refractivity contribution in [1.82, 2.24) is 4.98 Å². The van der Waals surface area contributed by atoms with Crippen LogP contribution in [0.5, 0.6) is 0 Å². The van der Waals surface area contributed by atoms with Crippen LogP contribution in [-0.4, -0.2) is 4.98 Å². The van der Waals surface area contributed by atoms with Gasteiger partial charge in [0.25, 0.3) is 0 Å². The minimum Gasteiger partial charge on any atom is -0.332 e. The summed E-state index contributed by atoms with van der Waals surface area (Å²) in [6.07, 6.45) is 2.32. The second-order valence-electron chi connectivity index (χ2n) is 5.06. The maximum absolute atomic E-state index is 4.64. The third kappa shape index (κ3) is 2.83. The van der Waals surface area contributed by atoms with Gasteiger partial charge in [-0.3, -0.25) is 0 Å². The molecule has 0 aliphatic carbocycles. The number of nitrogens with zero attached hydrogens (tertiary/aromatic N) is 1. The van der Waals surface area contributed by atoms with Gasteiger partial charge in [0.1, 0.15) is 0 Å². The summed E-state index contributed by atoms with van der Waals surface area (Å²) >= 11 is 1.69. The first-order chi connectivity index (χ1) is 9.74. The summed E-state index contributed by atoms with van der Waals surface area (Å²) in [5, 5.41) is 4.34. The van der Waals surface area contributed by atoms with Gasteiger partial charge in [-0.2, -0.15) is 0 Å². The number of hydrogen-bond acceptors (Lipinski definition) is 3. The Labute approximate surface area is 123 Å². The van der Waals surface area contributed by atoms with Crippen LogP contribution in [0.3, 0.4) is 0 Å². The largest absolute Gasteiger partial charge is 0.332 e. The molecular weight excluding hydrogens is 264 g/mol. The lowest BCUT2D eigenvalue weighted by Gasteiger charge is -2.03. The first-order valence-corrected chi connectivity index (χ1v) is 7.79. The molecule has 0 spiro atoms. The van der Waals surface area contributed by atoms with E-state index < -0.39 is 0 Å². The Bertz CT molecular complexity index is 713. The lowest BCUT2D eigenvalue weighted by Crippen LogP contribution is -1.90. The molecule has 1 aromatic heterocycles. The maximum Gasteiger partial charge on any atom is 0.188 e. The summed E-state index contributed by atoms with van der Waals surface area (Å²) in [5.74, 6) is 0. The third-order valence-electron chi connectivity index (χ3n) is 3.29. The molecule has 2 aromatic carbocycles. The molecule has 3 rings (SSSR count). The van der Waals surface area contributed by atoms with Crippen LogP contribution in [0.25, 0.3) is 10.2 Å². The van der Waals surface area contributed by atoms with Crippen molar-refractivity contribution in [3.8, 4) is 0 Å². The first-order valence-electron chi connectivity index (χ1n) is 6.98. The van der Waals surface area contributed by atoms with Gasteiger partial charge >= 0.3 is 0 Å². The SMILES string of the molecule is CCCc1ccc(Nc2nc3cc(C)ccc3s2)cc1. The van der Waals surface area contributed by atoms with Gasteiger partial charge < -0.3 is 5.32 Å². The van der Waals surface area contributed by atoms with Crippen LogP contribution in [0.15, 0.2) is 42.5 Å². The summed E-state index contributed by atoms with van der Waals surface area (Å²) in [4.78, 5) is 4.64. The van der Waals surface area contributed by atoms with E-state index in [1.165, 1.54) is 22.2 Å². The fourth-order valence-corrected chi connectivity index (χ4v) is 3.12. The Hall–Kier alpha value is -1.87. The van der Waals surface area contributed by atoms with Crippen molar-refractivity contribution in [3.05, 3.63) is 53.6 Å². The second kappa shape index (κ2) is 5.63. The lowest BCUT2D eigenvalue weighted by molar-refractivity contribution is 0.922. The summed E-state index contributed by atoms with van der Waals surface area (Å²) in [7, 11) is 0. The molecule has 0 saturated heterocycles. The molecule has 0 bridgehead atoms. The van der Waals surface area contributed by atoms with Gasteiger partial charge in [0.2, 0.25) is 0 Å². The number of nitrogens with one attached hydrogen (secondary N) is 1. The molecule has 1 heterocycles. The predicted molar refractivity (Wildman–Crippen MR) is 88.1 cm³/mol. The summed E-state index contributed by atoms with van der Waals surface area (Å²) in [6.45, 7) is 4.30. The molecule has 0 aliphatic heterocycles. The normalized spacial score (nSPS) is 10.9.